The predicted octanol–water partition coefficient (Wildman–Crippen LogP) is 2.32. The van der Waals surface area contributed by atoms with Gasteiger partial charge < -0.3 is 10.2 Å². The fourth-order valence-electron chi connectivity index (χ4n) is 2.65. The molecule has 27 heavy (non-hydrogen) atoms. The van der Waals surface area contributed by atoms with Gasteiger partial charge in [-0.1, -0.05) is 38.5 Å². The molecule has 0 unspecified atom stereocenters. The molecule has 2 aromatic rings. The SMILES string of the molecule is CCCCn1nc(C(=O)N(C)CC(=O)Nc2ccccc2CC)ccc1=O. The minimum atomic E-state index is -0.404. The smallest absolute Gasteiger partial charge is 0.274 e. The van der Waals surface area contributed by atoms with E-state index in [1.807, 2.05) is 38.1 Å². The van der Waals surface area contributed by atoms with Crippen molar-refractivity contribution in [2.75, 3.05) is 18.9 Å². The third-order valence-electron chi connectivity index (χ3n) is 4.21. The number of nitrogens with one attached hydrogen (secondary N) is 1. The number of likely N-dealkylation sites (N-methyl/N-ethyl adjacent to an activating group) is 1. The molecule has 0 aliphatic heterocycles. The Hall–Kier alpha value is -2.96. The van der Waals surface area contributed by atoms with Crippen LogP contribution in [0.2, 0.25) is 0 Å². The summed E-state index contributed by atoms with van der Waals surface area (Å²) < 4.78 is 1.29. The molecule has 1 heterocycles. The van der Waals surface area contributed by atoms with Gasteiger partial charge in [0.05, 0.1) is 6.54 Å². The van der Waals surface area contributed by atoms with Crippen LogP contribution in [-0.2, 0) is 17.8 Å². The number of aryl methyl sites for hydroxylation is 2. The number of rotatable bonds is 8. The van der Waals surface area contributed by atoms with Gasteiger partial charge in [-0.25, -0.2) is 4.68 Å². The van der Waals surface area contributed by atoms with Crippen molar-refractivity contribution in [3.63, 3.8) is 0 Å². The Morgan fingerprint density at radius 3 is 2.59 bits per heavy atom. The summed E-state index contributed by atoms with van der Waals surface area (Å²) in [4.78, 5) is 38.0. The van der Waals surface area contributed by atoms with Gasteiger partial charge in [0.15, 0.2) is 0 Å². The molecule has 0 bridgehead atoms. The van der Waals surface area contributed by atoms with Gasteiger partial charge in [0.1, 0.15) is 5.69 Å². The van der Waals surface area contributed by atoms with Gasteiger partial charge in [0.25, 0.3) is 11.5 Å². The van der Waals surface area contributed by atoms with Crippen LogP contribution in [0.4, 0.5) is 5.69 Å². The average Bonchev–Trinajstić information content (AvgIpc) is 2.67. The molecule has 0 saturated carbocycles. The Labute approximate surface area is 159 Å². The Kier molecular flexibility index (Phi) is 7.28. The lowest BCUT2D eigenvalue weighted by Gasteiger charge is -2.17. The molecule has 0 saturated heterocycles. The molecule has 0 radical (unpaired) electrons. The van der Waals surface area contributed by atoms with Gasteiger partial charge in [0, 0.05) is 25.3 Å². The quantitative estimate of drug-likeness (QED) is 0.773. The van der Waals surface area contributed by atoms with E-state index < -0.39 is 5.91 Å². The molecule has 7 nitrogen and oxygen atoms in total. The van der Waals surface area contributed by atoms with E-state index in [1.165, 1.54) is 28.8 Å². The number of nitrogens with zero attached hydrogens (tertiary/aromatic N) is 3. The molecule has 2 rings (SSSR count). The number of anilines is 1. The molecule has 1 aromatic carbocycles. The van der Waals surface area contributed by atoms with Gasteiger partial charge in [-0.2, -0.15) is 5.10 Å². The number of hydrogen-bond acceptors (Lipinski definition) is 4. The highest BCUT2D eigenvalue weighted by atomic mass is 16.2. The van der Waals surface area contributed by atoms with Crippen molar-refractivity contribution in [1.82, 2.24) is 14.7 Å². The van der Waals surface area contributed by atoms with Crippen molar-refractivity contribution in [3.05, 3.63) is 58.0 Å². The Balaban J connectivity index is 2.04. The van der Waals surface area contributed by atoms with Crippen molar-refractivity contribution < 1.29 is 9.59 Å². The Bertz CT molecular complexity index is 860. The second-order valence-electron chi connectivity index (χ2n) is 6.35. The van der Waals surface area contributed by atoms with Crippen molar-refractivity contribution in [2.24, 2.45) is 0 Å². The van der Waals surface area contributed by atoms with Crippen molar-refractivity contribution >= 4 is 17.5 Å². The summed E-state index contributed by atoms with van der Waals surface area (Å²) in [5.74, 6) is -0.690. The summed E-state index contributed by atoms with van der Waals surface area (Å²) in [6.45, 7) is 4.39. The van der Waals surface area contributed by atoms with Gasteiger partial charge in [-0.05, 0) is 30.5 Å². The van der Waals surface area contributed by atoms with Crippen LogP contribution >= 0.6 is 0 Å². The van der Waals surface area contributed by atoms with Crippen LogP contribution in [0.1, 0.15) is 42.7 Å². The number of unbranched alkanes of at least 4 members (excludes halogenated alkanes) is 1. The van der Waals surface area contributed by atoms with E-state index in [0.717, 1.165) is 30.5 Å². The molecule has 7 heteroatoms. The van der Waals surface area contributed by atoms with Crippen molar-refractivity contribution in [3.8, 4) is 0 Å². The van der Waals surface area contributed by atoms with E-state index in [0.29, 0.717) is 6.54 Å². The molecule has 0 aliphatic carbocycles. The molecular weight excluding hydrogens is 344 g/mol. The first-order valence-electron chi connectivity index (χ1n) is 9.17. The summed E-state index contributed by atoms with van der Waals surface area (Å²) in [5, 5.41) is 6.97. The van der Waals surface area contributed by atoms with Crippen LogP contribution in [0, 0.1) is 0 Å². The number of carbonyl (C=O) groups is 2. The molecule has 144 valence electrons. The van der Waals surface area contributed by atoms with Gasteiger partial charge >= 0.3 is 0 Å². The number of para-hydroxylation sites is 1. The standard InChI is InChI=1S/C20H26N4O3/c1-4-6-13-24-19(26)12-11-17(22-24)20(27)23(3)14-18(25)21-16-10-8-7-9-15(16)5-2/h7-12H,4-6,13-14H2,1-3H3,(H,21,25). The average molecular weight is 370 g/mol. The number of aromatic nitrogens is 2. The maximum absolute atomic E-state index is 12.6. The van der Waals surface area contributed by atoms with Crippen LogP contribution in [0.15, 0.2) is 41.2 Å². The highest BCUT2D eigenvalue weighted by molar-refractivity contribution is 5.98. The first-order valence-corrected chi connectivity index (χ1v) is 9.17. The molecule has 0 spiro atoms. The van der Waals surface area contributed by atoms with Crippen LogP contribution in [-0.4, -0.2) is 40.1 Å². The lowest BCUT2D eigenvalue weighted by Crippen LogP contribution is -2.36. The second-order valence-corrected chi connectivity index (χ2v) is 6.35. The number of benzene rings is 1. The van der Waals surface area contributed by atoms with Gasteiger partial charge in [0.2, 0.25) is 5.91 Å². The van der Waals surface area contributed by atoms with Crippen LogP contribution in [0.25, 0.3) is 0 Å². The fourth-order valence-corrected chi connectivity index (χ4v) is 2.65. The summed E-state index contributed by atoms with van der Waals surface area (Å²) >= 11 is 0. The molecule has 0 aliphatic rings. The minimum absolute atomic E-state index is 0.105. The van der Waals surface area contributed by atoms with Crippen LogP contribution < -0.4 is 10.9 Å². The van der Waals surface area contributed by atoms with Gasteiger partial charge in [-0.15, -0.1) is 0 Å². The zero-order valence-corrected chi connectivity index (χ0v) is 16.1. The van der Waals surface area contributed by atoms with E-state index >= 15 is 0 Å². The van der Waals surface area contributed by atoms with E-state index in [2.05, 4.69) is 10.4 Å². The molecule has 0 fully saturated rings. The molecule has 1 aromatic heterocycles. The number of amides is 2. The summed E-state index contributed by atoms with van der Waals surface area (Å²) in [7, 11) is 1.54. The van der Waals surface area contributed by atoms with E-state index in [-0.39, 0.29) is 23.7 Å². The Morgan fingerprint density at radius 1 is 1.15 bits per heavy atom. The summed E-state index contributed by atoms with van der Waals surface area (Å²) in [6.07, 6.45) is 2.53. The lowest BCUT2D eigenvalue weighted by atomic mass is 10.1. The predicted molar refractivity (Wildman–Crippen MR) is 105 cm³/mol. The van der Waals surface area contributed by atoms with E-state index in [1.54, 1.807) is 0 Å². The molecule has 2 amide bonds. The number of hydrogen-bond donors (Lipinski definition) is 1. The highest BCUT2D eigenvalue weighted by Crippen LogP contribution is 2.15. The largest absolute Gasteiger partial charge is 0.331 e. The minimum Gasteiger partial charge on any atom is -0.331 e. The van der Waals surface area contributed by atoms with Crippen LogP contribution in [0.3, 0.4) is 0 Å². The fraction of sp³-hybridized carbons (Fsp3) is 0.400. The van der Waals surface area contributed by atoms with Crippen molar-refractivity contribution in [2.45, 2.75) is 39.7 Å². The van der Waals surface area contributed by atoms with Crippen molar-refractivity contribution in [1.29, 1.82) is 0 Å². The molecule has 0 atom stereocenters. The maximum Gasteiger partial charge on any atom is 0.274 e. The second kappa shape index (κ2) is 9.66. The lowest BCUT2D eigenvalue weighted by molar-refractivity contribution is -0.116. The normalized spacial score (nSPS) is 10.5. The topological polar surface area (TPSA) is 84.3 Å². The molecular formula is C20H26N4O3. The maximum atomic E-state index is 12.6. The first-order chi connectivity index (χ1) is 13.0. The highest BCUT2D eigenvalue weighted by Gasteiger charge is 2.18. The molecule has 1 N–H and O–H groups in total. The van der Waals surface area contributed by atoms with Crippen LogP contribution in [0.5, 0.6) is 0 Å². The van der Waals surface area contributed by atoms with E-state index in [9.17, 15) is 14.4 Å². The zero-order chi connectivity index (χ0) is 19.8. The third kappa shape index (κ3) is 5.51. The Morgan fingerprint density at radius 2 is 1.89 bits per heavy atom. The monoisotopic (exact) mass is 370 g/mol. The van der Waals surface area contributed by atoms with E-state index in [4.69, 9.17) is 0 Å². The third-order valence-corrected chi connectivity index (χ3v) is 4.21. The zero-order valence-electron chi connectivity index (χ0n) is 16.1. The first kappa shape index (κ1) is 20.4. The number of carbonyl (C=O) groups excluding carboxylic acids is 2. The van der Waals surface area contributed by atoms with Gasteiger partial charge in [-0.3, -0.25) is 14.4 Å². The summed E-state index contributed by atoms with van der Waals surface area (Å²) in [6, 6.07) is 10.3. The summed E-state index contributed by atoms with van der Waals surface area (Å²) in [5.41, 5.74) is 1.69.